The fraction of sp³-hybridized carbons (Fsp3) is 0.303. The van der Waals surface area contributed by atoms with E-state index < -0.39 is 33.3 Å². The maximum atomic E-state index is 13.8. The van der Waals surface area contributed by atoms with Gasteiger partial charge in [-0.15, -0.1) is 0 Å². The van der Waals surface area contributed by atoms with Crippen LogP contribution in [0.5, 0.6) is 17.2 Å². The van der Waals surface area contributed by atoms with Crippen molar-refractivity contribution in [2.75, 3.05) is 33.4 Å². The molecule has 4 aromatic rings. The molecule has 1 fully saturated rings. The highest BCUT2D eigenvalue weighted by atomic mass is 32.2. The molecule has 0 radical (unpaired) electrons. The Morgan fingerprint density at radius 2 is 1.64 bits per heavy atom. The highest BCUT2D eigenvalue weighted by Gasteiger charge is 2.49. The Bertz CT molecular complexity index is 1770. The van der Waals surface area contributed by atoms with E-state index in [0.29, 0.717) is 35.6 Å². The van der Waals surface area contributed by atoms with E-state index in [2.05, 4.69) is 4.90 Å². The second kappa shape index (κ2) is 13.5. The minimum Gasteiger partial charge on any atom is -0.497 e. The van der Waals surface area contributed by atoms with Gasteiger partial charge >= 0.3 is 15.6 Å². The third-order valence-corrected chi connectivity index (χ3v) is 8.65. The molecule has 1 unspecified atom stereocenters. The lowest BCUT2D eigenvalue weighted by Gasteiger charge is -2.26. The smallest absolute Gasteiger partial charge is 0.497 e. The van der Waals surface area contributed by atoms with Crippen molar-refractivity contribution in [3.05, 3.63) is 90.0 Å². The minimum absolute atomic E-state index is 0.0218. The average molecular weight is 644 g/mol. The number of rotatable bonds is 11. The summed E-state index contributed by atoms with van der Waals surface area (Å²) in [6, 6.07) is 19.7. The number of fused-ring (bicyclic) bond motifs is 1. The number of benzene rings is 4. The molecule has 0 aromatic heterocycles. The second-order valence-corrected chi connectivity index (χ2v) is 12.2. The van der Waals surface area contributed by atoms with Gasteiger partial charge in [0.2, 0.25) is 0 Å². The van der Waals surface area contributed by atoms with Crippen molar-refractivity contribution >= 4 is 26.7 Å². The first-order valence-corrected chi connectivity index (χ1v) is 15.8. The van der Waals surface area contributed by atoms with Crippen LogP contribution in [0.25, 0.3) is 21.9 Å². The van der Waals surface area contributed by atoms with Crippen LogP contribution in [0.2, 0.25) is 0 Å². The molecule has 5 rings (SSSR count). The zero-order chi connectivity index (χ0) is 32.2. The van der Waals surface area contributed by atoms with Gasteiger partial charge in [0.05, 0.1) is 7.11 Å². The number of ketones is 1. The predicted molar refractivity (Wildman–Crippen MR) is 163 cm³/mol. The van der Waals surface area contributed by atoms with Gasteiger partial charge in [-0.05, 0) is 84.7 Å². The van der Waals surface area contributed by atoms with Gasteiger partial charge in [0, 0.05) is 23.2 Å². The zero-order valence-corrected chi connectivity index (χ0v) is 25.2. The number of aliphatic hydroxyl groups excluding tert-OH is 1. The summed E-state index contributed by atoms with van der Waals surface area (Å²) >= 11 is 0. The van der Waals surface area contributed by atoms with Crippen LogP contribution in [0.3, 0.4) is 0 Å². The average Bonchev–Trinajstić information content (AvgIpc) is 3.04. The van der Waals surface area contributed by atoms with Gasteiger partial charge in [0.25, 0.3) is 0 Å². The number of carbonyl (C=O) groups is 1. The van der Waals surface area contributed by atoms with Crippen LogP contribution < -0.4 is 13.7 Å². The molecule has 0 saturated carbocycles. The third kappa shape index (κ3) is 7.24. The molecule has 1 N–H and O–H groups in total. The summed E-state index contributed by atoms with van der Waals surface area (Å²) in [5, 5.41) is 11.8. The van der Waals surface area contributed by atoms with Gasteiger partial charge in [0.15, 0.2) is 11.5 Å². The Morgan fingerprint density at radius 1 is 0.933 bits per heavy atom. The minimum atomic E-state index is -6.09. The summed E-state index contributed by atoms with van der Waals surface area (Å²) in [4.78, 5) is 16.1. The quantitative estimate of drug-likeness (QED) is 0.112. The van der Waals surface area contributed by atoms with E-state index in [1.807, 2.05) is 0 Å². The summed E-state index contributed by atoms with van der Waals surface area (Å²) < 4.78 is 80.9. The first kappa shape index (κ1) is 32.3. The summed E-state index contributed by atoms with van der Waals surface area (Å²) in [7, 11) is -4.64. The fourth-order valence-corrected chi connectivity index (χ4v) is 5.84. The fourth-order valence-electron chi connectivity index (χ4n) is 5.37. The number of carbonyl (C=O) groups excluding carboxylic acids is 1. The number of ether oxygens (including phenoxy) is 2. The van der Waals surface area contributed by atoms with E-state index in [9.17, 15) is 31.5 Å². The molecule has 12 heteroatoms. The van der Waals surface area contributed by atoms with E-state index in [-0.39, 0.29) is 22.1 Å². The highest BCUT2D eigenvalue weighted by Crippen LogP contribution is 2.43. The van der Waals surface area contributed by atoms with Crippen molar-refractivity contribution in [1.29, 1.82) is 0 Å². The largest absolute Gasteiger partial charge is 0.534 e. The van der Waals surface area contributed by atoms with Crippen LogP contribution >= 0.6 is 0 Å². The molecule has 1 saturated heterocycles. The van der Waals surface area contributed by atoms with E-state index in [1.165, 1.54) is 43.9 Å². The monoisotopic (exact) mass is 643 g/mol. The number of hydrogen-bond donors (Lipinski definition) is 1. The van der Waals surface area contributed by atoms with Crippen LogP contribution in [-0.4, -0.2) is 63.1 Å². The van der Waals surface area contributed by atoms with Crippen molar-refractivity contribution in [1.82, 2.24) is 4.90 Å². The number of aliphatic hydroxyl groups is 1. The molecule has 0 spiro atoms. The number of hydrogen-bond acceptors (Lipinski definition) is 8. The molecule has 1 atom stereocenters. The number of piperidine rings is 1. The summed E-state index contributed by atoms with van der Waals surface area (Å²) in [6.45, 7) is 2.85. The standard InChI is InChI=1S/C33H32F3NO7S/c1-42-24-11-13-26-23(20-24)10-15-29(44-45(40,41)33(34,35)36)30(26)28-21-25(43-19-18-37-16-6-3-7-17-37)12-14-27(28)32(39)31(38)22-8-4-2-5-9-22/h2,4-5,8-15,20-21,31,38H,3,6-7,16-19H2,1H3. The number of halogens is 3. The molecular weight excluding hydrogens is 611 g/mol. The SMILES string of the molecule is COc1ccc2c(-c3cc(OCCN4CCCCC4)ccc3C(=O)C(O)c3ccccc3)c(OS(=O)(=O)C(F)(F)F)ccc2c1. The Hall–Kier alpha value is -4.13. The van der Waals surface area contributed by atoms with Crippen molar-refractivity contribution in [2.24, 2.45) is 0 Å². The van der Waals surface area contributed by atoms with E-state index in [1.54, 1.807) is 42.5 Å². The molecule has 238 valence electrons. The Kier molecular flexibility index (Phi) is 9.66. The number of likely N-dealkylation sites (tertiary alicyclic amines) is 1. The summed E-state index contributed by atoms with van der Waals surface area (Å²) in [5.74, 6) is -0.677. The van der Waals surface area contributed by atoms with Gasteiger partial charge in [-0.1, -0.05) is 42.8 Å². The van der Waals surface area contributed by atoms with Gasteiger partial charge in [-0.3, -0.25) is 9.69 Å². The first-order valence-electron chi connectivity index (χ1n) is 14.4. The molecule has 1 heterocycles. The maximum absolute atomic E-state index is 13.8. The van der Waals surface area contributed by atoms with E-state index in [4.69, 9.17) is 13.7 Å². The Morgan fingerprint density at radius 3 is 2.33 bits per heavy atom. The van der Waals surface area contributed by atoms with Gasteiger partial charge in [0.1, 0.15) is 24.2 Å². The Balaban J connectivity index is 1.66. The molecule has 45 heavy (non-hydrogen) atoms. The topological polar surface area (TPSA) is 102 Å². The molecule has 1 aliphatic heterocycles. The van der Waals surface area contributed by atoms with Crippen LogP contribution in [0.15, 0.2) is 78.9 Å². The van der Waals surface area contributed by atoms with Crippen molar-refractivity contribution in [3.63, 3.8) is 0 Å². The van der Waals surface area contributed by atoms with E-state index in [0.717, 1.165) is 32.0 Å². The number of methoxy groups -OCH3 is 1. The van der Waals surface area contributed by atoms with Gasteiger partial charge in [-0.25, -0.2) is 0 Å². The third-order valence-electron chi connectivity index (χ3n) is 7.69. The molecular formula is C33H32F3NO7S. The molecule has 4 aromatic carbocycles. The van der Waals surface area contributed by atoms with Crippen molar-refractivity contribution < 1.29 is 45.1 Å². The second-order valence-electron chi connectivity index (χ2n) is 10.6. The van der Waals surface area contributed by atoms with E-state index >= 15 is 0 Å². The number of Topliss-reactive ketones (excluding diaryl/α,β-unsaturated/α-hetero) is 1. The van der Waals surface area contributed by atoms with Crippen LogP contribution in [-0.2, 0) is 10.1 Å². The molecule has 1 aliphatic rings. The maximum Gasteiger partial charge on any atom is 0.534 e. The van der Waals surface area contributed by atoms with Crippen molar-refractivity contribution in [2.45, 2.75) is 30.9 Å². The molecule has 8 nitrogen and oxygen atoms in total. The van der Waals surface area contributed by atoms with Crippen LogP contribution in [0, 0.1) is 0 Å². The Labute approximate surface area is 259 Å². The lowest BCUT2D eigenvalue weighted by Crippen LogP contribution is -2.33. The first-order chi connectivity index (χ1) is 21.5. The zero-order valence-electron chi connectivity index (χ0n) is 24.4. The summed E-state index contributed by atoms with van der Waals surface area (Å²) in [6.07, 6.45) is 1.76. The molecule has 0 bridgehead atoms. The predicted octanol–water partition coefficient (Wildman–Crippen LogP) is 6.52. The van der Waals surface area contributed by atoms with Crippen LogP contribution in [0.4, 0.5) is 13.2 Å². The van der Waals surface area contributed by atoms with Crippen LogP contribution in [0.1, 0.15) is 41.3 Å². The van der Waals surface area contributed by atoms with Gasteiger partial charge < -0.3 is 18.8 Å². The highest BCUT2D eigenvalue weighted by molar-refractivity contribution is 7.88. The van der Waals surface area contributed by atoms with Gasteiger partial charge in [-0.2, -0.15) is 21.6 Å². The summed E-state index contributed by atoms with van der Waals surface area (Å²) in [5.41, 5.74) is -5.57. The normalized spacial score (nSPS) is 15.0. The van der Waals surface area contributed by atoms with Crippen molar-refractivity contribution in [3.8, 4) is 28.4 Å². The number of nitrogens with zero attached hydrogens (tertiary/aromatic N) is 1. The number of alkyl halides is 3. The lowest BCUT2D eigenvalue weighted by atomic mass is 9.89. The molecule has 0 aliphatic carbocycles. The lowest BCUT2D eigenvalue weighted by molar-refractivity contribution is -0.0499. The molecule has 0 amide bonds.